The summed E-state index contributed by atoms with van der Waals surface area (Å²) in [4.78, 5) is 23.4. The lowest BCUT2D eigenvalue weighted by Crippen LogP contribution is -2.14. The van der Waals surface area contributed by atoms with Gasteiger partial charge in [0.05, 0.1) is 17.0 Å². The van der Waals surface area contributed by atoms with E-state index >= 15 is 0 Å². The van der Waals surface area contributed by atoms with Gasteiger partial charge in [-0.3, -0.25) is 4.79 Å². The van der Waals surface area contributed by atoms with Gasteiger partial charge in [-0.2, -0.15) is 4.68 Å². The molecule has 11 heteroatoms. The van der Waals surface area contributed by atoms with Crippen LogP contribution in [0.4, 0.5) is 5.69 Å². The lowest BCUT2D eigenvalue weighted by molar-refractivity contribution is -0.113. The maximum atomic E-state index is 12.2. The third kappa shape index (κ3) is 3.74. The third-order valence-corrected chi connectivity index (χ3v) is 4.69. The fraction of sp³-hybridized carbons (Fsp3) is 0.118. The Morgan fingerprint density at radius 3 is 2.89 bits per heavy atom. The summed E-state index contributed by atoms with van der Waals surface area (Å²) in [6.07, 6.45) is 0. The number of carbonyl (C=O) groups is 2. The molecule has 0 saturated carbocycles. The van der Waals surface area contributed by atoms with Gasteiger partial charge in [0.25, 0.3) is 0 Å². The molecule has 3 aromatic rings. The first-order chi connectivity index (χ1) is 13.6. The third-order valence-electron chi connectivity index (χ3n) is 3.77. The molecule has 0 atom stereocenters. The average molecular weight is 399 g/mol. The normalized spacial score (nSPS) is 12.0. The van der Waals surface area contributed by atoms with Gasteiger partial charge in [-0.05, 0) is 40.8 Å². The number of ether oxygens (including phenoxy) is 2. The van der Waals surface area contributed by atoms with Crippen LogP contribution < -0.4 is 14.8 Å². The highest BCUT2D eigenvalue weighted by atomic mass is 32.2. The number of hydrogen-bond donors (Lipinski definition) is 2. The molecule has 2 N–H and O–H groups in total. The predicted octanol–water partition coefficient (Wildman–Crippen LogP) is 1.82. The van der Waals surface area contributed by atoms with Gasteiger partial charge in [0.15, 0.2) is 11.5 Å². The lowest BCUT2D eigenvalue weighted by Gasteiger charge is -2.07. The highest BCUT2D eigenvalue weighted by Gasteiger charge is 2.16. The molecule has 10 nitrogen and oxygen atoms in total. The number of hydrogen-bond acceptors (Lipinski definition) is 8. The summed E-state index contributed by atoms with van der Waals surface area (Å²) in [5.74, 6) is -0.0271. The molecule has 28 heavy (non-hydrogen) atoms. The molecule has 1 amide bonds. The van der Waals surface area contributed by atoms with Crippen molar-refractivity contribution in [2.24, 2.45) is 0 Å². The van der Waals surface area contributed by atoms with Gasteiger partial charge in [0.2, 0.25) is 17.9 Å². The maximum absolute atomic E-state index is 12.2. The number of fused-ring (bicyclic) bond motifs is 1. The zero-order valence-corrected chi connectivity index (χ0v) is 15.0. The van der Waals surface area contributed by atoms with E-state index in [0.29, 0.717) is 28.0 Å². The van der Waals surface area contributed by atoms with E-state index in [0.717, 1.165) is 11.8 Å². The molecule has 0 saturated heterocycles. The molecule has 0 unspecified atom stereocenters. The van der Waals surface area contributed by atoms with E-state index < -0.39 is 5.97 Å². The molecule has 1 aliphatic heterocycles. The van der Waals surface area contributed by atoms with Gasteiger partial charge in [-0.25, -0.2) is 4.79 Å². The number of anilines is 1. The van der Waals surface area contributed by atoms with Crippen LogP contribution in [0.2, 0.25) is 0 Å². The first-order valence-corrected chi connectivity index (χ1v) is 9.03. The number of nitrogens with one attached hydrogen (secondary N) is 1. The number of benzene rings is 2. The average Bonchev–Trinajstić information content (AvgIpc) is 3.35. The fourth-order valence-corrected chi connectivity index (χ4v) is 3.19. The molecule has 0 spiro atoms. The van der Waals surface area contributed by atoms with Crippen LogP contribution in [0.25, 0.3) is 5.69 Å². The van der Waals surface area contributed by atoms with Crippen molar-refractivity contribution in [1.82, 2.24) is 20.2 Å². The Labute approximate surface area is 162 Å². The number of carbonyl (C=O) groups excluding carboxylic acids is 1. The Morgan fingerprint density at radius 1 is 1.18 bits per heavy atom. The zero-order valence-electron chi connectivity index (χ0n) is 14.2. The van der Waals surface area contributed by atoms with E-state index in [9.17, 15) is 9.59 Å². The molecular formula is C17H13N5O5S. The van der Waals surface area contributed by atoms with Gasteiger partial charge < -0.3 is 19.9 Å². The first-order valence-electron chi connectivity index (χ1n) is 8.04. The van der Waals surface area contributed by atoms with Crippen LogP contribution in [-0.2, 0) is 4.79 Å². The molecule has 2 heterocycles. The summed E-state index contributed by atoms with van der Waals surface area (Å²) >= 11 is 1.13. The molecule has 4 rings (SSSR count). The number of aromatic nitrogens is 4. The number of thioether (sulfide) groups is 1. The van der Waals surface area contributed by atoms with Gasteiger partial charge >= 0.3 is 5.97 Å². The summed E-state index contributed by atoms with van der Waals surface area (Å²) in [5.41, 5.74) is 1.19. The maximum Gasteiger partial charge on any atom is 0.335 e. The monoisotopic (exact) mass is 399 g/mol. The van der Waals surface area contributed by atoms with Crippen LogP contribution in [0.3, 0.4) is 0 Å². The molecular weight excluding hydrogens is 386 g/mol. The fourth-order valence-electron chi connectivity index (χ4n) is 2.50. The van der Waals surface area contributed by atoms with Gasteiger partial charge in [0.1, 0.15) is 0 Å². The van der Waals surface area contributed by atoms with Crippen molar-refractivity contribution in [1.29, 1.82) is 0 Å². The number of carboxylic acid groups (broad SMARTS) is 1. The van der Waals surface area contributed by atoms with E-state index in [1.165, 1.54) is 16.8 Å². The summed E-state index contributed by atoms with van der Waals surface area (Å²) < 4.78 is 11.9. The number of amides is 1. The van der Waals surface area contributed by atoms with E-state index in [2.05, 4.69) is 20.8 Å². The molecule has 2 aromatic carbocycles. The second-order valence-corrected chi connectivity index (χ2v) is 6.58. The van der Waals surface area contributed by atoms with Crippen molar-refractivity contribution in [2.75, 3.05) is 17.9 Å². The van der Waals surface area contributed by atoms with E-state index in [1.807, 2.05) is 0 Å². The number of rotatable bonds is 6. The highest BCUT2D eigenvalue weighted by Crippen LogP contribution is 2.34. The smallest absolute Gasteiger partial charge is 0.335 e. The predicted molar refractivity (Wildman–Crippen MR) is 98.0 cm³/mol. The Morgan fingerprint density at radius 2 is 2.04 bits per heavy atom. The van der Waals surface area contributed by atoms with Crippen LogP contribution in [-0.4, -0.2) is 49.7 Å². The van der Waals surface area contributed by atoms with Crippen LogP contribution in [0.15, 0.2) is 47.6 Å². The number of nitrogens with zero attached hydrogens (tertiary/aromatic N) is 4. The van der Waals surface area contributed by atoms with Crippen LogP contribution in [0.1, 0.15) is 10.4 Å². The highest BCUT2D eigenvalue weighted by molar-refractivity contribution is 7.99. The Hall–Kier alpha value is -3.60. The lowest BCUT2D eigenvalue weighted by atomic mass is 10.2. The van der Waals surface area contributed by atoms with Crippen molar-refractivity contribution in [3.8, 4) is 17.2 Å². The summed E-state index contributed by atoms with van der Waals surface area (Å²) in [7, 11) is 0. The summed E-state index contributed by atoms with van der Waals surface area (Å²) in [6.45, 7) is 0.161. The Kier molecular flexibility index (Phi) is 4.81. The Balaban J connectivity index is 1.42. The van der Waals surface area contributed by atoms with E-state index in [1.54, 1.807) is 30.3 Å². The van der Waals surface area contributed by atoms with Crippen LogP contribution in [0.5, 0.6) is 11.5 Å². The Bertz CT molecular complexity index is 1050. The molecule has 0 fully saturated rings. The van der Waals surface area contributed by atoms with E-state index in [4.69, 9.17) is 14.6 Å². The van der Waals surface area contributed by atoms with Crippen LogP contribution >= 0.6 is 11.8 Å². The molecule has 0 aliphatic carbocycles. The first kappa shape index (κ1) is 17.8. The molecule has 0 bridgehead atoms. The number of tetrazole rings is 1. The van der Waals surface area contributed by atoms with Crippen molar-refractivity contribution in [3.05, 3.63) is 48.0 Å². The quantitative estimate of drug-likeness (QED) is 0.596. The second kappa shape index (κ2) is 7.56. The minimum absolute atomic E-state index is 0.0629. The largest absolute Gasteiger partial charge is 0.478 e. The minimum atomic E-state index is -1.05. The SMILES string of the molecule is O=C(CSc1nnnn1-c1cccc(C(=O)O)c1)Nc1ccc2c(c1)OCO2. The topological polar surface area (TPSA) is 128 Å². The molecule has 142 valence electrons. The van der Waals surface area contributed by atoms with Crippen molar-refractivity contribution in [2.45, 2.75) is 5.16 Å². The molecule has 1 aliphatic rings. The molecule has 0 radical (unpaired) electrons. The summed E-state index contributed by atoms with van der Waals surface area (Å²) in [5, 5.41) is 23.6. The van der Waals surface area contributed by atoms with Gasteiger partial charge in [0, 0.05) is 11.8 Å². The van der Waals surface area contributed by atoms with Crippen molar-refractivity contribution < 1.29 is 24.2 Å². The van der Waals surface area contributed by atoms with Gasteiger partial charge in [-0.15, -0.1) is 5.10 Å². The molecule has 1 aromatic heterocycles. The standard InChI is InChI=1S/C17H13N5O5S/c23-15(18-11-4-5-13-14(7-11)27-9-26-13)8-28-17-19-20-21-22(17)12-3-1-2-10(6-12)16(24)25/h1-7H,8-9H2,(H,18,23)(H,24,25). The minimum Gasteiger partial charge on any atom is -0.478 e. The van der Waals surface area contributed by atoms with Gasteiger partial charge in [-0.1, -0.05) is 17.8 Å². The second-order valence-electron chi connectivity index (χ2n) is 5.63. The van der Waals surface area contributed by atoms with Crippen LogP contribution in [0, 0.1) is 0 Å². The van der Waals surface area contributed by atoms with Crippen molar-refractivity contribution in [3.63, 3.8) is 0 Å². The van der Waals surface area contributed by atoms with E-state index in [-0.39, 0.29) is 24.0 Å². The van der Waals surface area contributed by atoms with Crippen molar-refractivity contribution >= 4 is 29.3 Å². The number of carboxylic acids is 1. The zero-order chi connectivity index (χ0) is 19.5. The number of aromatic carboxylic acids is 1. The summed E-state index contributed by atoms with van der Waals surface area (Å²) in [6, 6.07) is 11.3.